The van der Waals surface area contributed by atoms with Gasteiger partial charge in [0, 0.05) is 10.5 Å². The minimum absolute atomic E-state index is 0.0173. The van der Waals surface area contributed by atoms with Gasteiger partial charge in [-0.15, -0.1) is 0 Å². The van der Waals surface area contributed by atoms with Gasteiger partial charge in [0.15, 0.2) is 14.1 Å². The summed E-state index contributed by atoms with van der Waals surface area (Å²) >= 11 is 2.40. The summed E-state index contributed by atoms with van der Waals surface area (Å²) in [5.74, 6) is -0.622. The third-order valence-electron chi connectivity index (χ3n) is 8.52. The molecule has 0 N–H and O–H groups in total. The molecule has 0 amide bonds. The van der Waals surface area contributed by atoms with Crippen LogP contribution in [0.1, 0.15) is 68.7 Å². The summed E-state index contributed by atoms with van der Waals surface area (Å²) < 4.78 is 27.9. The van der Waals surface area contributed by atoms with Crippen LogP contribution in [0, 0.1) is 0 Å². The smallest absolute Gasteiger partial charge is 0.261 e. The van der Waals surface area contributed by atoms with Crippen LogP contribution in [0.4, 0.5) is 0 Å². The van der Waals surface area contributed by atoms with Gasteiger partial charge < -0.3 is 18.3 Å². The second-order valence-electron chi connectivity index (χ2n) is 14.4. The highest BCUT2D eigenvalue weighted by Gasteiger charge is 2.51. The Morgan fingerprint density at radius 1 is 0.854 bits per heavy atom. The quantitative estimate of drug-likeness (QED) is 0.102. The van der Waals surface area contributed by atoms with Crippen LogP contribution in [0.3, 0.4) is 0 Å². The van der Waals surface area contributed by atoms with Crippen molar-refractivity contribution in [3.8, 4) is 0 Å². The first kappa shape index (κ1) is 34.7. The van der Waals surface area contributed by atoms with E-state index in [1.165, 1.54) is 10.4 Å². The van der Waals surface area contributed by atoms with Gasteiger partial charge in [0.25, 0.3) is 8.32 Å². The van der Waals surface area contributed by atoms with E-state index in [0.29, 0.717) is 0 Å². The number of hydrogen-bond acceptors (Lipinski definition) is 4. The summed E-state index contributed by atoms with van der Waals surface area (Å²) in [6.07, 6.45) is 4.92. The first-order chi connectivity index (χ1) is 18.9. The van der Waals surface area contributed by atoms with Gasteiger partial charge in [-0.2, -0.15) is 0 Å². The van der Waals surface area contributed by atoms with E-state index >= 15 is 0 Å². The van der Waals surface area contributed by atoms with Gasteiger partial charge in [-0.25, -0.2) is 0 Å². The molecule has 0 aromatic heterocycles. The Morgan fingerprint density at radius 3 is 1.80 bits per heavy atom. The van der Waals surface area contributed by atoms with Crippen LogP contribution >= 0.6 is 22.6 Å². The van der Waals surface area contributed by atoms with Crippen LogP contribution in [0.2, 0.25) is 23.2 Å². The molecule has 7 heteroatoms. The first-order valence-electron chi connectivity index (χ1n) is 15.0. The molecule has 1 unspecified atom stereocenters. The third-order valence-corrected chi connectivity index (χ3v) is 19.0. The first-order valence-corrected chi connectivity index (χ1v) is 21.3. The minimum Gasteiger partial charge on any atom is -0.408 e. The van der Waals surface area contributed by atoms with E-state index in [2.05, 4.69) is 157 Å². The van der Waals surface area contributed by atoms with Crippen molar-refractivity contribution in [2.75, 3.05) is 4.43 Å². The molecular formula is C34H53IO4Si2. The Labute approximate surface area is 266 Å². The molecule has 2 aromatic rings. The lowest BCUT2D eigenvalue weighted by molar-refractivity contribution is -0.150. The molecular weight excluding hydrogens is 655 g/mol. The molecule has 1 fully saturated rings. The number of alkyl halides is 1. The Balaban J connectivity index is 1.92. The van der Waals surface area contributed by atoms with Crippen molar-refractivity contribution in [1.29, 1.82) is 0 Å². The zero-order valence-corrected chi connectivity index (χ0v) is 31.3. The highest BCUT2D eigenvalue weighted by atomic mass is 127. The SMILES string of the molecule is C[C@@H](C/C=C\C(O[Si](C)(C)C(C)(C)C)[C@H]1OC(C)(C)O[C@H]1CI)O[Si](c1ccccc1)(c1ccccc1)C(C)(C)C. The highest BCUT2D eigenvalue weighted by Crippen LogP contribution is 2.41. The average Bonchev–Trinajstić information content (AvgIpc) is 3.20. The third kappa shape index (κ3) is 8.22. The fourth-order valence-electron chi connectivity index (χ4n) is 5.44. The molecule has 1 aliphatic heterocycles. The monoisotopic (exact) mass is 708 g/mol. The van der Waals surface area contributed by atoms with Crippen LogP contribution in [-0.4, -0.2) is 51.3 Å². The molecule has 0 bridgehead atoms. The zero-order chi connectivity index (χ0) is 30.7. The molecule has 41 heavy (non-hydrogen) atoms. The van der Waals surface area contributed by atoms with E-state index in [9.17, 15) is 0 Å². The largest absolute Gasteiger partial charge is 0.408 e. The van der Waals surface area contributed by atoms with Crippen LogP contribution in [0.15, 0.2) is 72.8 Å². The summed E-state index contributed by atoms with van der Waals surface area (Å²) in [4.78, 5) is 0. The predicted molar refractivity (Wildman–Crippen MR) is 187 cm³/mol. The molecule has 1 aliphatic rings. The highest BCUT2D eigenvalue weighted by molar-refractivity contribution is 14.1. The molecule has 4 atom stereocenters. The summed E-state index contributed by atoms with van der Waals surface area (Å²) in [5, 5.41) is 2.64. The Morgan fingerprint density at radius 2 is 1.37 bits per heavy atom. The molecule has 3 rings (SSSR count). The molecule has 0 spiro atoms. The van der Waals surface area contributed by atoms with E-state index in [1.54, 1.807) is 0 Å². The van der Waals surface area contributed by atoms with Gasteiger partial charge in [0.2, 0.25) is 0 Å². The van der Waals surface area contributed by atoms with Crippen LogP contribution in [-0.2, 0) is 18.3 Å². The standard InChI is InChI=1S/C34H53IO4Si2/c1-26(38-41(33(5,6)7,27-20-14-12-15-21-27)28-22-16-13-17-23-28)19-18-24-29(39-40(10,11)32(2,3)4)31-30(25-35)36-34(8,9)37-31/h12-18,20-24,26,29-31H,19,25H2,1-11H3/b24-18-/t26-,29?,30-,31+/m0/s1. The molecule has 2 aromatic carbocycles. The molecule has 1 heterocycles. The Bertz CT molecular complexity index is 1080. The molecule has 1 saturated heterocycles. The topological polar surface area (TPSA) is 36.9 Å². The van der Waals surface area contributed by atoms with Crippen molar-refractivity contribution < 1.29 is 18.3 Å². The van der Waals surface area contributed by atoms with Crippen molar-refractivity contribution in [2.45, 2.75) is 122 Å². The maximum atomic E-state index is 7.31. The van der Waals surface area contributed by atoms with Gasteiger partial charge in [-0.3, -0.25) is 0 Å². The zero-order valence-electron chi connectivity index (χ0n) is 27.2. The fraction of sp³-hybridized carbons (Fsp3) is 0.588. The summed E-state index contributed by atoms with van der Waals surface area (Å²) in [5.41, 5.74) is 0. The van der Waals surface area contributed by atoms with E-state index < -0.39 is 22.4 Å². The minimum atomic E-state index is -2.62. The van der Waals surface area contributed by atoms with Gasteiger partial charge in [-0.1, -0.05) is 137 Å². The number of hydrogen-bond donors (Lipinski definition) is 0. The van der Waals surface area contributed by atoms with Crippen LogP contribution in [0.25, 0.3) is 0 Å². The van der Waals surface area contributed by atoms with Crippen molar-refractivity contribution in [1.82, 2.24) is 0 Å². The maximum Gasteiger partial charge on any atom is 0.261 e. The second-order valence-corrected chi connectivity index (χ2v) is 24.3. The lowest BCUT2D eigenvalue weighted by atomic mass is 10.1. The van der Waals surface area contributed by atoms with Crippen molar-refractivity contribution in [3.05, 3.63) is 72.8 Å². The van der Waals surface area contributed by atoms with Gasteiger partial charge >= 0.3 is 0 Å². The fourth-order valence-corrected chi connectivity index (χ4v) is 12.1. The van der Waals surface area contributed by atoms with E-state index in [1.807, 2.05) is 13.8 Å². The lowest BCUT2D eigenvalue weighted by Gasteiger charge is -2.44. The predicted octanol–water partition coefficient (Wildman–Crippen LogP) is 8.24. The molecule has 0 saturated carbocycles. The van der Waals surface area contributed by atoms with E-state index in [-0.39, 0.29) is 34.5 Å². The number of halogens is 1. The second kappa shape index (κ2) is 13.4. The maximum absolute atomic E-state index is 7.31. The number of rotatable bonds is 11. The average molecular weight is 709 g/mol. The van der Waals surface area contributed by atoms with Gasteiger partial charge in [0.1, 0.15) is 6.10 Å². The summed E-state index contributed by atoms with van der Waals surface area (Å²) in [6.45, 7) is 24.7. The van der Waals surface area contributed by atoms with Crippen molar-refractivity contribution >= 4 is 49.6 Å². The van der Waals surface area contributed by atoms with Crippen molar-refractivity contribution in [3.63, 3.8) is 0 Å². The van der Waals surface area contributed by atoms with E-state index in [4.69, 9.17) is 18.3 Å². The molecule has 4 nitrogen and oxygen atoms in total. The van der Waals surface area contributed by atoms with Crippen LogP contribution in [0.5, 0.6) is 0 Å². The summed E-state index contributed by atoms with van der Waals surface area (Å²) in [6, 6.07) is 21.7. The number of ether oxygens (including phenoxy) is 2. The number of benzene rings is 2. The Hall–Kier alpha value is -0.816. The lowest BCUT2D eigenvalue weighted by Crippen LogP contribution is -2.67. The van der Waals surface area contributed by atoms with Gasteiger partial charge in [-0.05, 0) is 60.7 Å². The van der Waals surface area contributed by atoms with E-state index in [0.717, 1.165) is 10.8 Å². The molecule has 228 valence electrons. The van der Waals surface area contributed by atoms with Crippen LogP contribution < -0.4 is 10.4 Å². The summed E-state index contributed by atoms with van der Waals surface area (Å²) in [7, 11) is -4.68. The molecule has 0 radical (unpaired) electrons. The van der Waals surface area contributed by atoms with Crippen molar-refractivity contribution in [2.24, 2.45) is 0 Å². The normalized spacial score (nSPS) is 21.8. The Kier molecular flexibility index (Phi) is 11.4. The molecule has 0 aliphatic carbocycles. The van der Waals surface area contributed by atoms with Gasteiger partial charge in [0.05, 0.1) is 12.2 Å².